The number of imidazole rings is 1. The first-order chi connectivity index (χ1) is 19.8. The summed E-state index contributed by atoms with van der Waals surface area (Å²) in [5.74, 6) is 1.08. The van der Waals surface area contributed by atoms with Crippen molar-refractivity contribution in [3.8, 4) is 5.75 Å². The lowest BCUT2D eigenvalue weighted by atomic mass is 9.96. The minimum absolute atomic E-state index is 0.0384. The summed E-state index contributed by atoms with van der Waals surface area (Å²) in [5.41, 5.74) is 9.13. The zero-order valence-corrected chi connectivity index (χ0v) is 23.8. The van der Waals surface area contributed by atoms with Crippen molar-refractivity contribution >= 4 is 28.8 Å². The zero-order chi connectivity index (χ0) is 28.9. The van der Waals surface area contributed by atoms with Gasteiger partial charge in [-0.15, -0.1) is 0 Å². The number of aromatic nitrogens is 3. The van der Waals surface area contributed by atoms with Gasteiger partial charge in [-0.25, -0.2) is 4.98 Å². The number of amides is 3. The lowest BCUT2D eigenvalue weighted by Gasteiger charge is -2.27. The van der Waals surface area contributed by atoms with Crippen LogP contribution >= 0.6 is 0 Å². The summed E-state index contributed by atoms with van der Waals surface area (Å²) in [5, 5.41) is 3.00. The van der Waals surface area contributed by atoms with Crippen LogP contribution in [-0.4, -0.2) is 80.9 Å². The number of hydrogen-bond acceptors (Lipinski definition) is 7. The van der Waals surface area contributed by atoms with Crippen LogP contribution in [0, 0.1) is 5.92 Å². The van der Waals surface area contributed by atoms with E-state index < -0.39 is 12.1 Å². The third-order valence-corrected chi connectivity index (χ3v) is 8.30. The highest BCUT2D eigenvalue weighted by Gasteiger charge is 2.41. The van der Waals surface area contributed by atoms with E-state index in [4.69, 9.17) is 10.5 Å². The predicted molar refractivity (Wildman–Crippen MR) is 154 cm³/mol. The van der Waals surface area contributed by atoms with Crippen molar-refractivity contribution in [3.63, 3.8) is 0 Å². The molecule has 3 aromatic rings. The second kappa shape index (κ2) is 12.7. The molecule has 3 unspecified atom stereocenters. The average molecular weight is 562 g/mol. The molecule has 41 heavy (non-hydrogen) atoms. The van der Waals surface area contributed by atoms with Gasteiger partial charge in [0.05, 0.1) is 31.4 Å². The summed E-state index contributed by atoms with van der Waals surface area (Å²) in [6, 6.07) is 8.23. The number of ether oxygens (including phenoxy) is 1. The standard InChI is InChI=1S/C30H39N7O4/c1-35-25-11-12-32-17-24(25)34-27(35)18-33-29(39)26-16-21(15-20-5-7-22(41-2)8-6-20)19-37(26)30(40)23(31)9-10-28(38)36-13-3-4-14-36/h5-8,11-12,17,21,23,26H,3-4,9-10,13-16,18-19,31H2,1-2H3,(H,33,39). The Hall–Kier alpha value is -3.99. The fourth-order valence-corrected chi connectivity index (χ4v) is 5.94. The molecule has 0 spiro atoms. The third-order valence-electron chi connectivity index (χ3n) is 8.30. The smallest absolute Gasteiger partial charge is 0.243 e. The van der Waals surface area contributed by atoms with Gasteiger partial charge in [0, 0.05) is 39.3 Å². The number of carbonyl (C=O) groups excluding carboxylic acids is 3. The normalized spacial score (nSPS) is 19.5. The first-order valence-electron chi connectivity index (χ1n) is 14.3. The van der Waals surface area contributed by atoms with E-state index in [0.717, 1.165) is 54.7 Å². The van der Waals surface area contributed by atoms with Crippen molar-refractivity contribution < 1.29 is 19.1 Å². The molecule has 11 heteroatoms. The summed E-state index contributed by atoms with van der Waals surface area (Å²) in [7, 11) is 3.53. The van der Waals surface area contributed by atoms with E-state index in [1.807, 2.05) is 46.8 Å². The van der Waals surface area contributed by atoms with Crippen molar-refractivity contribution in [1.29, 1.82) is 0 Å². The molecule has 1 aromatic carbocycles. The number of rotatable bonds is 10. The number of carbonyl (C=O) groups is 3. The first-order valence-corrected chi connectivity index (χ1v) is 14.3. The highest BCUT2D eigenvalue weighted by molar-refractivity contribution is 5.90. The number of hydrogen-bond donors (Lipinski definition) is 2. The molecule has 3 N–H and O–H groups in total. The Bertz CT molecular complexity index is 1380. The molecule has 4 heterocycles. The van der Waals surface area contributed by atoms with Gasteiger partial charge in [0.15, 0.2) is 0 Å². The molecule has 0 radical (unpaired) electrons. The fourth-order valence-electron chi connectivity index (χ4n) is 5.94. The van der Waals surface area contributed by atoms with Crippen LogP contribution in [0.4, 0.5) is 0 Å². The second-order valence-electron chi connectivity index (χ2n) is 11.1. The molecule has 2 aliphatic heterocycles. The van der Waals surface area contributed by atoms with Gasteiger partial charge in [-0.1, -0.05) is 12.1 Å². The third kappa shape index (κ3) is 6.51. The molecular weight excluding hydrogens is 522 g/mol. The number of nitrogens with one attached hydrogen (secondary N) is 1. The van der Waals surface area contributed by atoms with Gasteiger partial charge in [0.1, 0.15) is 23.1 Å². The summed E-state index contributed by atoms with van der Waals surface area (Å²) in [6.45, 7) is 2.19. The van der Waals surface area contributed by atoms with E-state index in [-0.39, 0.29) is 43.0 Å². The summed E-state index contributed by atoms with van der Waals surface area (Å²) in [4.78, 5) is 51.8. The monoisotopic (exact) mass is 561 g/mol. The second-order valence-corrected chi connectivity index (χ2v) is 11.1. The molecule has 0 bridgehead atoms. The van der Waals surface area contributed by atoms with E-state index in [2.05, 4.69) is 15.3 Å². The highest BCUT2D eigenvalue weighted by Crippen LogP contribution is 2.28. The maximum absolute atomic E-state index is 13.6. The summed E-state index contributed by atoms with van der Waals surface area (Å²) < 4.78 is 7.19. The van der Waals surface area contributed by atoms with Crippen molar-refractivity contribution in [2.45, 2.75) is 57.2 Å². The van der Waals surface area contributed by atoms with Crippen molar-refractivity contribution in [2.75, 3.05) is 26.7 Å². The lowest BCUT2D eigenvalue weighted by molar-refractivity contribution is -0.140. The van der Waals surface area contributed by atoms with Gasteiger partial charge < -0.3 is 30.2 Å². The minimum Gasteiger partial charge on any atom is -0.497 e. The van der Waals surface area contributed by atoms with Gasteiger partial charge in [-0.2, -0.15) is 0 Å². The molecule has 2 saturated heterocycles. The van der Waals surface area contributed by atoms with Gasteiger partial charge in [0.25, 0.3) is 0 Å². The number of likely N-dealkylation sites (tertiary alicyclic amines) is 2. The molecule has 5 rings (SSSR count). The quantitative estimate of drug-likeness (QED) is 0.385. The molecule has 3 amide bonds. The first kappa shape index (κ1) is 28.5. The molecule has 218 valence electrons. The molecule has 2 aliphatic rings. The average Bonchev–Trinajstić information content (AvgIpc) is 3.74. The number of nitrogens with zero attached hydrogens (tertiary/aromatic N) is 5. The van der Waals surface area contributed by atoms with Crippen LogP contribution < -0.4 is 15.8 Å². The van der Waals surface area contributed by atoms with Crippen LogP contribution in [0.25, 0.3) is 11.0 Å². The molecular formula is C30H39N7O4. The summed E-state index contributed by atoms with van der Waals surface area (Å²) in [6.07, 6.45) is 7.17. The number of benzene rings is 1. The van der Waals surface area contributed by atoms with Crippen molar-refractivity contribution in [1.82, 2.24) is 29.7 Å². The van der Waals surface area contributed by atoms with Crippen LogP contribution in [-0.2, 0) is 34.4 Å². The molecule has 0 aliphatic carbocycles. The molecule has 3 atom stereocenters. The number of aryl methyl sites for hydroxylation is 1. The SMILES string of the molecule is COc1ccc(CC2CC(C(=O)NCc3nc4cnccc4n3C)N(C(=O)C(N)CCC(=O)N3CCCC3)C2)cc1. The topological polar surface area (TPSA) is 136 Å². The fraction of sp³-hybridized carbons (Fsp3) is 0.500. The maximum atomic E-state index is 13.6. The molecule has 0 saturated carbocycles. The summed E-state index contributed by atoms with van der Waals surface area (Å²) >= 11 is 0. The zero-order valence-electron chi connectivity index (χ0n) is 23.8. The number of fused-ring (bicyclic) bond motifs is 1. The Labute approximate surface area is 240 Å². The molecule has 2 fully saturated rings. The molecule has 11 nitrogen and oxygen atoms in total. The van der Waals surface area contributed by atoms with E-state index in [1.54, 1.807) is 24.4 Å². The number of methoxy groups -OCH3 is 1. The van der Waals surface area contributed by atoms with Crippen molar-refractivity contribution in [2.24, 2.45) is 18.7 Å². The Morgan fingerprint density at radius 2 is 1.90 bits per heavy atom. The maximum Gasteiger partial charge on any atom is 0.243 e. The van der Waals surface area contributed by atoms with Gasteiger partial charge >= 0.3 is 0 Å². The number of nitrogens with two attached hydrogens (primary N) is 1. The van der Waals surface area contributed by atoms with E-state index >= 15 is 0 Å². The van der Waals surface area contributed by atoms with Gasteiger partial charge in [-0.05, 0) is 61.8 Å². The van der Waals surface area contributed by atoms with Crippen LogP contribution in [0.3, 0.4) is 0 Å². The Balaban J connectivity index is 1.26. The van der Waals surface area contributed by atoms with Crippen LogP contribution in [0.2, 0.25) is 0 Å². The van der Waals surface area contributed by atoms with Crippen molar-refractivity contribution in [3.05, 3.63) is 54.1 Å². The van der Waals surface area contributed by atoms with Gasteiger partial charge in [0.2, 0.25) is 17.7 Å². The van der Waals surface area contributed by atoms with E-state index in [1.165, 1.54) is 0 Å². The highest BCUT2D eigenvalue weighted by atomic mass is 16.5. The Morgan fingerprint density at radius 1 is 1.15 bits per heavy atom. The minimum atomic E-state index is -0.844. The Kier molecular flexibility index (Phi) is 8.82. The lowest BCUT2D eigenvalue weighted by Crippen LogP contribution is -2.51. The molecule has 2 aromatic heterocycles. The Morgan fingerprint density at radius 3 is 2.61 bits per heavy atom. The van der Waals surface area contributed by atoms with Crippen LogP contribution in [0.1, 0.15) is 43.5 Å². The number of pyridine rings is 1. The van der Waals surface area contributed by atoms with Gasteiger partial charge in [-0.3, -0.25) is 19.4 Å². The van der Waals surface area contributed by atoms with E-state index in [9.17, 15) is 14.4 Å². The predicted octanol–water partition coefficient (Wildman–Crippen LogP) is 1.78. The largest absolute Gasteiger partial charge is 0.497 e. The van der Waals surface area contributed by atoms with Crippen LogP contribution in [0.15, 0.2) is 42.7 Å². The van der Waals surface area contributed by atoms with E-state index in [0.29, 0.717) is 18.8 Å². The van der Waals surface area contributed by atoms with Crippen LogP contribution in [0.5, 0.6) is 5.75 Å².